The summed E-state index contributed by atoms with van der Waals surface area (Å²) >= 11 is 18.1. The smallest absolute Gasteiger partial charge is 0.343 e. The lowest BCUT2D eigenvalue weighted by molar-refractivity contribution is -0.120. The first-order valence-corrected chi connectivity index (χ1v) is 11.0. The maximum Gasteiger partial charge on any atom is 0.343 e. The van der Waals surface area contributed by atoms with Gasteiger partial charge in [-0.3, -0.25) is 9.59 Å². The second-order valence-electron chi connectivity index (χ2n) is 7.40. The Bertz CT molecular complexity index is 1350. The van der Waals surface area contributed by atoms with E-state index in [9.17, 15) is 14.4 Å². The van der Waals surface area contributed by atoms with Crippen molar-refractivity contribution < 1.29 is 19.1 Å². The fraction of sp³-hybridized carbons (Fsp3) is 0.0417. The van der Waals surface area contributed by atoms with Gasteiger partial charge in [0.25, 0.3) is 11.8 Å². The number of carbonyl (C=O) groups is 3. The molecule has 3 N–H and O–H groups in total. The SMILES string of the molecule is Cc1ccc(OC(=O)c2ccc(NC3=C(Cl)C(=O)N(c4cc(Cl)cc(Cl)c4)C3=O)cc2)c(N)c1. The van der Waals surface area contributed by atoms with Crippen molar-refractivity contribution in [3.8, 4) is 5.75 Å². The van der Waals surface area contributed by atoms with Crippen molar-refractivity contribution >= 4 is 69.6 Å². The van der Waals surface area contributed by atoms with Gasteiger partial charge >= 0.3 is 5.97 Å². The molecule has 7 nitrogen and oxygen atoms in total. The van der Waals surface area contributed by atoms with Crippen LogP contribution in [0.25, 0.3) is 0 Å². The number of carbonyl (C=O) groups excluding carboxylic acids is 3. The van der Waals surface area contributed by atoms with Gasteiger partial charge in [0.15, 0.2) is 5.75 Å². The van der Waals surface area contributed by atoms with Gasteiger partial charge in [-0.2, -0.15) is 0 Å². The number of hydrogen-bond donors (Lipinski definition) is 2. The Morgan fingerprint density at radius 1 is 0.912 bits per heavy atom. The number of ether oxygens (including phenoxy) is 1. The highest BCUT2D eigenvalue weighted by Crippen LogP contribution is 2.33. The molecule has 10 heteroatoms. The van der Waals surface area contributed by atoms with E-state index in [1.54, 1.807) is 30.3 Å². The normalized spacial score (nSPS) is 13.5. The van der Waals surface area contributed by atoms with Gasteiger partial charge in [-0.1, -0.05) is 40.9 Å². The lowest BCUT2D eigenvalue weighted by Gasteiger charge is -2.16. The molecule has 0 fully saturated rings. The lowest BCUT2D eigenvalue weighted by atomic mass is 10.2. The molecule has 3 aromatic rings. The van der Waals surface area contributed by atoms with Crippen molar-refractivity contribution in [3.63, 3.8) is 0 Å². The van der Waals surface area contributed by atoms with Gasteiger partial charge in [-0.25, -0.2) is 9.69 Å². The molecule has 4 rings (SSSR count). The number of nitrogens with two attached hydrogens (primary N) is 1. The molecule has 1 heterocycles. The van der Waals surface area contributed by atoms with E-state index in [-0.39, 0.29) is 37.8 Å². The average Bonchev–Trinajstić information content (AvgIpc) is 2.98. The van der Waals surface area contributed by atoms with Crippen LogP contribution in [0.2, 0.25) is 10.0 Å². The zero-order valence-electron chi connectivity index (χ0n) is 17.6. The number of hydrogen-bond acceptors (Lipinski definition) is 6. The number of amides is 2. The van der Waals surface area contributed by atoms with Crippen molar-refractivity contribution in [2.45, 2.75) is 6.92 Å². The highest BCUT2D eigenvalue weighted by molar-refractivity contribution is 6.53. The summed E-state index contributed by atoms with van der Waals surface area (Å²) in [6.45, 7) is 1.88. The van der Waals surface area contributed by atoms with E-state index in [1.807, 2.05) is 6.92 Å². The van der Waals surface area contributed by atoms with Crippen LogP contribution in [0, 0.1) is 6.92 Å². The third-order valence-corrected chi connectivity index (χ3v) is 5.68. The Balaban J connectivity index is 1.50. The number of anilines is 3. The number of rotatable bonds is 5. The highest BCUT2D eigenvalue weighted by atomic mass is 35.5. The molecule has 0 aliphatic carbocycles. The summed E-state index contributed by atoms with van der Waals surface area (Å²) in [4.78, 5) is 38.9. The van der Waals surface area contributed by atoms with Crippen LogP contribution in [-0.4, -0.2) is 17.8 Å². The van der Waals surface area contributed by atoms with Crippen LogP contribution in [0.15, 0.2) is 71.4 Å². The summed E-state index contributed by atoms with van der Waals surface area (Å²) in [5.41, 5.74) is 7.93. The Morgan fingerprint density at radius 2 is 1.56 bits per heavy atom. The minimum atomic E-state index is -0.719. The van der Waals surface area contributed by atoms with Crippen LogP contribution >= 0.6 is 34.8 Å². The zero-order valence-corrected chi connectivity index (χ0v) is 19.8. The first-order valence-electron chi connectivity index (χ1n) is 9.84. The van der Waals surface area contributed by atoms with Crippen LogP contribution in [-0.2, 0) is 9.59 Å². The van der Waals surface area contributed by atoms with Crippen LogP contribution in [0.4, 0.5) is 17.1 Å². The van der Waals surface area contributed by atoms with E-state index in [0.717, 1.165) is 10.5 Å². The number of halogens is 3. The molecular formula is C24H16Cl3N3O4. The molecule has 0 unspecified atom stereocenters. The summed E-state index contributed by atoms with van der Waals surface area (Å²) in [5, 5.41) is 3.06. The Hall–Kier alpha value is -3.52. The minimum Gasteiger partial charge on any atom is -0.421 e. The van der Waals surface area contributed by atoms with E-state index in [0.29, 0.717) is 11.4 Å². The number of nitrogen functional groups attached to an aromatic ring is 1. The van der Waals surface area contributed by atoms with Crippen molar-refractivity contribution in [3.05, 3.63) is 92.6 Å². The van der Waals surface area contributed by atoms with Crippen LogP contribution in [0.5, 0.6) is 5.75 Å². The molecule has 0 radical (unpaired) electrons. The fourth-order valence-corrected chi connectivity index (χ4v) is 3.99. The maximum atomic E-state index is 12.9. The molecule has 0 aromatic heterocycles. The van der Waals surface area contributed by atoms with Gasteiger partial charge in [-0.05, 0) is 67.1 Å². The second-order valence-corrected chi connectivity index (χ2v) is 8.65. The van der Waals surface area contributed by atoms with E-state index in [1.165, 1.54) is 30.3 Å². The largest absolute Gasteiger partial charge is 0.421 e. The molecule has 0 atom stereocenters. The zero-order chi connectivity index (χ0) is 24.6. The van der Waals surface area contributed by atoms with E-state index in [2.05, 4.69) is 5.32 Å². The van der Waals surface area contributed by atoms with Gasteiger partial charge in [0.05, 0.1) is 16.9 Å². The Labute approximate surface area is 209 Å². The molecule has 0 saturated carbocycles. The predicted octanol–water partition coefficient (Wildman–Crippen LogP) is 5.54. The fourth-order valence-electron chi connectivity index (χ4n) is 3.27. The number of nitrogens with one attached hydrogen (secondary N) is 1. The lowest BCUT2D eigenvalue weighted by Crippen LogP contribution is -2.32. The standard InChI is InChI=1S/C24H16Cl3N3O4/c1-12-2-7-19(18(28)8-12)34-24(33)13-3-5-16(6-4-13)29-21-20(27)22(31)30(23(21)32)17-10-14(25)9-15(26)11-17/h2-11,29H,28H2,1H3. The third-order valence-electron chi connectivity index (χ3n) is 4.89. The van der Waals surface area contributed by atoms with E-state index in [4.69, 9.17) is 45.3 Å². The van der Waals surface area contributed by atoms with Crippen molar-refractivity contribution in [2.75, 3.05) is 16.0 Å². The van der Waals surface area contributed by atoms with Crippen molar-refractivity contribution in [2.24, 2.45) is 0 Å². The summed E-state index contributed by atoms with van der Waals surface area (Å²) in [6, 6.07) is 15.5. The van der Waals surface area contributed by atoms with Gasteiger partial charge < -0.3 is 15.8 Å². The molecule has 0 saturated heterocycles. The Kier molecular flexibility index (Phi) is 6.52. The number of nitrogens with zero attached hydrogens (tertiary/aromatic N) is 1. The van der Waals surface area contributed by atoms with Crippen molar-refractivity contribution in [1.82, 2.24) is 0 Å². The summed E-state index contributed by atoms with van der Waals surface area (Å²) in [6.07, 6.45) is 0. The summed E-state index contributed by atoms with van der Waals surface area (Å²) < 4.78 is 5.35. The number of aryl methyl sites for hydroxylation is 1. The van der Waals surface area contributed by atoms with Crippen molar-refractivity contribution in [1.29, 1.82) is 0 Å². The van der Waals surface area contributed by atoms with E-state index < -0.39 is 17.8 Å². The molecule has 172 valence electrons. The number of esters is 1. The molecule has 3 aromatic carbocycles. The molecule has 0 spiro atoms. The van der Waals surface area contributed by atoms with Gasteiger partial charge in [0, 0.05) is 15.7 Å². The topological polar surface area (TPSA) is 102 Å². The first kappa shape index (κ1) is 23.6. The van der Waals surface area contributed by atoms with Gasteiger partial charge in [0.2, 0.25) is 0 Å². The quantitative estimate of drug-likeness (QED) is 0.200. The summed E-state index contributed by atoms with van der Waals surface area (Å²) in [7, 11) is 0. The predicted molar refractivity (Wildman–Crippen MR) is 132 cm³/mol. The molecule has 1 aliphatic heterocycles. The third kappa shape index (κ3) is 4.72. The Morgan fingerprint density at radius 3 is 2.18 bits per heavy atom. The van der Waals surface area contributed by atoms with Crippen LogP contribution in [0.3, 0.4) is 0 Å². The van der Waals surface area contributed by atoms with Crippen LogP contribution in [0.1, 0.15) is 15.9 Å². The summed E-state index contributed by atoms with van der Waals surface area (Å²) in [5.74, 6) is -1.74. The molecule has 34 heavy (non-hydrogen) atoms. The van der Waals surface area contributed by atoms with Gasteiger partial charge in [-0.15, -0.1) is 0 Å². The maximum absolute atomic E-state index is 12.9. The number of imide groups is 1. The minimum absolute atomic E-state index is 0.120. The van der Waals surface area contributed by atoms with Gasteiger partial charge in [0.1, 0.15) is 10.7 Å². The highest BCUT2D eigenvalue weighted by Gasteiger charge is 2.39. The van der Waals surface area contributed by atoms with Crippen LogP contribution < -0.4 is 20.7 Å². The molecule has 2 amide bonds. The first-order chi connectivity index (χ1) is 16.1. The molecule has 0 bridgehead atoms. The number of benzene rings is 3. The monoisotopic (exact) mass is 515 g/mol. The second kappa shape index (κ2) is 9.38. The van der Waals surface area contributed by atoms with E-state index >= 15 is 0 Å². The average molecular weight is 517 g/mol. The molecule has 1 aliphatic rings. The molecular weight excluding hydrogens is 501 g/mol.